The highest BCUT2D eigenvalue weighted by atomic mass is 35.5. The Morgan fingerprint density at radius 1 is 1.35 bits per heavy atom. The first kappa shape index (κ1) is 14.3. The van der Waals surface area contributed by atoms with Crippen LogP contribution in [0, 0.1) is 5.82 Å². The predicted molar refractivity (Wildman–Crippen MR) is 58.5 cm³/mol. The minimum absolute atomic E-state index is 0.0882. The van der Waals surface area contributed by atoms with Crippen molar-refractivity contribution >= 4 is 11.6 Å². The molecule has 0 aliphatic carbocycles. The fourth-order valence-electron chi connectivity index (χ4n) is 1.55. The Morgan fingerprint density at radius 3 is 2.53 bits per heavy atom. The molecule has 1 aromatic rings. The van der Waals surface area contributed by atoms with Gasteiger partial charge >= 0.3 is 6.18 Å². The van der Waals surface area contributed by atoms with Crippen LogP contribution >= 0.6 is 11.6 Å². The van der Waals surface area contributed by atoms with Crippen molar-refractivity contribution in [1.29, 1.82) is 0 Å². The van der Waals surface area contributed by atoms with Crippen molar-refractivity contribution in [2.24, 2.45) is 0 Å². The van der Waals surface area contributed by atoms with Gasteiger partial charge in [0.15, 0.2) is 0 Å². The van der Waals surface area contributed by atoms with Gasteiger partial charge in [0.1, 0.15) is 5.82 Å². The molecule has 17 heavy (non-hydrogen) atoms. The molecule has 0 aliphatic rings. The summed E-state index contributed by atoms with van der Waals surface area (Å²) in [5.41, 5.74) is 0.157. The Hall–Kier alpha value is -0.810. The monoisotopic (exact) mass is 269 g/mol. The van der Waals surface area contributed by atoms with Crippen molar-refractivity contribution in [1.82, 2.24) is 5.32 Å². The summed E-state index contributed by atoms with van der Waals surface area (Å²) in [7, 11) is 1.49. The van der Waals surface area contributed by atoms with E-state index >= 15 is 0 Å². The first-order valence-electron chi connectivity index (χ1n) is 5.03. The van der Waals surface area contributed by atoms with Crippen LogP contribution in [0.4, 0.5) is 17.6 Å². The van der Waals surface area contributed by atoms with Gasteiger partial charge in [0.05, 0.1) is 5.02 Å². The third kappa shape index (κ3) is 4.16. The lowest BCUT2D eigenvalue weighted by Gasteiger charge is -2.18. The molecule has 1 aromatic carbocycles. The smallest absolute Gasteiger partial charge is 0.313 e. The summed E-state index contributed by atoms with van der Waals surface area (Å²) >= 11 is 5.58. The third-order valence-corrected chi connectivity index (χ3v) is 2.71. The SMILES string of the molecule is CNC(CCC(F)(F)F)c1cccc(Cl)c1F. The van der Waals surface area contributed by atoms with Gasteiger partial charge in [-0.3, -0.25) is 0 Å². The largest absolute Gasteiger partial charge is 0.389 e. The molecule has 0 saturated heterocycles. The average Bonchev–Trinajstić information content (AvgIpc) is 2.23. The molecule has 1 N–H and O–H groups in total. The quantitative estimate of drug-likeness (QED) is 0.812. The maximum atomic E-state index is 13.6. The van der Waals surface area contributed by atoms with E-state index in [2.05, 4.69) is 5.32 Å². The molecule has 0 fully saturated rings. The van der Waals surface area contributed by atoms with E-state index in [1.807, 2.05) is 0 Å². The molecule has 6 heteroatoms. The highest BCUT2D eigenvalue weighted by Crippen LogP contribution is 2.30. The molecule has 96 valence electrons. The van der Waals surface area contributed by atoms with Gasteiger partial charge in [0.25, 0.3) is 0 Å². The second-order valence-corrected chi connectivity index (χ2v) is 4.05. The number of hydrogen-bond donors (Lipinski definition) is 1. The maximum absolute atomic E-state index is 13.6. The summed E-state index contributed by atoms with van der Waals surface area (Å²) in [5, 5.41) is 2.57. The molecule has 1 rings (SSSR count). The van der Waals surface area contributed by atoms with Crippen LogP contribution < -0.4 is 5.32 Å². The minimum Gasteiger partial charge on any atom is -0.313 e. The van der Waals surface area contributed by atoms with Crippen molar-refractivity contribution < 1.29 is 17.6 Å². The number of nitrogens with one attached hydrogen (secondary N) is 1. The van der Waals surface area contributed by atoms with Gasteiger partial charge in [-0.15, -0.1) is 0 Å². The first-order chi connectivity index (χ1) is 7.85. The molecular weight excluding hydrogens is 258 g/mol. The van der Waals surface area contributed by atoms with E-state index in [4.69, 9.17) is 11.6 Å². The van der Waals surface area contributed by atoms with E-state index in [1.54, 1.807) is 0 Å². The molecule has 0 amide bonds. The van der Waals surface area contributed by atoms with Crippen LogP contribution in [0.1, 0.15) is 24.4 Å². The van der Waals surface area contributed by atoms with Gasteiger partial charge in [0, 0.05) is 18.0 Å². The van der Waals surface area contributed by atoms with Crippen LogP contribution in [0.25, 0.3) is 0 Å². The molecule has 1 unspecified atom stereocenters. The highest BCUT2D eigenvalue weighted by molar-refractivity contribution is 6.30. The molecular formula is C11H12ClF4N. The highest BCUT2D eigenvalue weighted by Gasteiger charge is 2.29. The number of alkyl halides is 3. The Bertz CT molecular complexity index is 378. The Kier molecular flexibility index (Phi) is 4.77. The lowest BCUT2D eigenvalue weighted by molar-refractivity contribution is -0.136. The van der Waals surface area contributed by atoms with E-state index in [0.717, 1.165) is 0 Å². The molecule has 0 spiro atoms. The Morgan fingerprint density at radius 2 is 2.00 bits per heavy atom. The maximum Gasteiger partial charge on any atom is 0.389 e. The summed E-state index contributed by atoms with van der Waals surface area (Å²) in [5.74, 6) is -0.671. The van der Waals surface area contributed by atoms with Crippen molar-refractivity contribution in [3.63, 3.8) is 0 Å². The van der Waals surface area contributed by atoms with E-state index in [0.29, 0.717) is 0 Å². The minimum atomic E-state index is -4.25. The summed E-state index contributed by atoms with van der Waals surface area (Å²) in [6.45, 7) is 0. The average molecular weight is 270 g/mol. The van der Waals surface area contributed by atoms with Crippen LogP contribution in [0.5, 0.6) is 0 Å². The molecule has 1 atom stereocenters. The van der Waals surface area contributed by atoms with Crippen LogP contribution in [-0.4, -0.2) is 13.2 Å². The Balaban J connectivity index is 2.83. The topological polar surface area (TPSA) is 12.0 Å². The standard InChI is InChI=1S/C11H12ClF4N/c1-17-9(5-6-11(14,15)16)7-3-2-4-8(12)10(7)13/h2-4,9,17H,5-6H2,1H3. The van der Waals surface area contributed by atoms with Crippen LogP contribution in [0.2, 0.25) is 5.02 Å². The van der Waals surface area contributed by atoms with Gasteiger partial charge < -0.3 is 5.32 Å². The summed E-state index contributed by atoms with van der Waals surface area (Å²) in [6.07, 6.45) is -5.44. The van der Waals surface area contributed by atoms with Crippen LogP contribution in [0.15, 0.2) is 18.2 Å². The number of halogens is 5. The van der Waals surface area contributed by atoms with E-state index in [-0.39, 0.29) is 17.0 Å². The van der Waals surface area contributed by atoms with Gasteiger partial charge in [-0.2, -0.15) is 13.2 Å². The molecule has 0 radical (unpaired) electrons. The summed E-state index contributed by atoms with van der Waals surface area (Å²) < 4.78 is 49.9. The molecule has 0 heterocycles. The van der Waals surface area contributed by atoms with Crippen molar-refractivity contribution in [2.45, 2.75) is 25.1 Å². The lowest BCUT2D eigenvalue weighted by Crippen LogP contribution is -2.20. The molecule has 0 saturated carbocycles. The normalized spacial score (nSPS) is 13.8. The molecule has 0 bridgehead atoms. The molecule has 1 nitrogen and oxygen atoms in total. The van der Waals surface area contributed by atoms with Gasteiger partial charge in [-0.05, 0) is 19.5 Å². The second kappa shape index (κ2) is 5.69. The van der Waals surface area contributed by atoms with Crippen LogP contribution in [0.3, 0.4) is 0 Å². The van der Waals surface area contributed by atoms with Crippen molar-refractivity contribution in [2.75, 3.05) is 7.05 Å². The summed E-state index contributed by atoms with van der Waals surface area (Å²) in [4.78, 5) is 0. The number of hydrogen-bond acceptors (Lipinski definition) is 1. The predicted octanol–water partition coefficient (Wildman–Crippen LogP) is 4.08. The molecule has 0 aliphatic heterocycles. The Labute approximate surface area is 102 Å². The first-order valence-corrected chi connectivity index (χ1v) is 5.41. The fraction of sp³-hybridized carbons (Fsp3) is 0.455. The second-order valence-electron chi connectivity index (χ2n) is 3.64. The third-order valence-electron chi connectivity index (χ3n) is 2.42. The van der Waals surface area contributed by atoms with Crippen molar-refractivity contribution in [3.8, 4) is 0 Å². The zero-order chi connectivity index (χ0) is 13.1. The molecule has 0 aromatic heterocycles. The summed E-state index contributed by atoms with van der Waals surface area (Å²) in [6, 6.07) is 3.60. The number of rotatable bonds is 4. The van der Waals surface area contributed by atoms with E-state index in [9.17, 15) is 17.6 Å². The fourth-order valence-corrected chi connectivity index (χ4v) is 1.73. The van der Waals surface area contributed by atoms with Gasteiger partial charge in [0.2, 0.25) is 0 Å². The van der Waals surface area contributed by atoms with Gasteiger partial charge in [-0.25, -0.2) is 4.39 Å². The van der Waals surface area contributed by atoms with Crippen molar-refractivity contribution in [3.05, 3.63) is 34.6 Å². The van der Waals surface area contributed by atoms with E-state index < -0.39 is 24.5 Å². The van der Waals surface area contributed by atoms with Gasteiger partial charge in [-0.1, -0.05) is 23.7 Å². The van der Waals surface area contributed by atoms with Crippen LogP contribution in [-0.2, 0) is 0 Å². The van der Waals surface area contributed by atoms with E-state index in [1.165, 1.54) is 25.2 Å². The number of benzene rings is 1. The zero-order valence-electron chi connectivity index (χ0n) is 9.11. The zero-order valence-corrected chi connectivity index (χ0v) is 9.87. The lowest BCUT2D eigenvalue weighted by atomic mass is 10.0.